The topological polar surface area (TPSA) is 30.2 Å². The van der Waals surface area contributed by atoms with E-state index in [2.05, 4.69) is 0 Å². The SMILES string of the molecule is CC(=O)c1oc2ccc(Cl)cc2c1C. The first-order chi connectivity index (χ1) is 6.59. The number of hydrogen-bond donors (Lipinski definition) is 0. The molecule has 0 radical (unpaired) electrons. The van der Waals surface area contributed by atoms with Crippen LogP contribution in [0.5, 0.6) is 0 Å². The van der Waals surface area contributed by atoms with Crippen LogP contribution >= 0.6 is 11.6 Å². The first-order valence-electron chi connectivity index (χ1n) is 4.29. The molecule has 2 rings (SSSR count). The lowest BCUT2D eigenvalue weighted by Gasteiger charge is -1.90. The molecule has 0 bridgehead atoms. The van der Waals surface area contributed by atoms with E-state index in [0.29, 0.717) is 16.4 Å². The van der Waals surface area contributed by atoms with Gasteiger partial charge in [0.25, 0.3) is 0 Å². The van der Waals surface area contributed by atoms with Crippen LogP contribution in [0.25, 0.3) is 11.0 Å². The Balaban J connectivity index is 2.80. The van der Waals surface area contributed by atoms with Gasteiger partial charge in [0, 0.05) is 22.9 Å². The Bertz CT molecular complexity index is 511. The fourth-order valence-corrected chi connectivity index (χ4v) is 1.70. The predicted molar refractivity (Wildman–Crippen MR) is 56.0 cm³/mol. The Kier molecular flexibility index (Phi) is 2.08. The summed E-state index contributed by atoms with van der Waals surface area (Å²) in [6, 6.07) is 5.33. The lowest BCUT2D eigenvalue weighted by Crippen LogP contribution is -1.90. The zero-order chi connectivity index (χ0) is 10.3. The van der Waals surface area contributed by atoms with Crippen molar-refractivity contribution in [3.05, 3.63) is 34.5 Å². The number of carbonyl (C=O) groups excluding carboxylic acids is 1. The molecule has 0 saturated heterocycles. The van der Waals surface area contributed by atoms with Crippen molar-refractivity contribution in [1.82, 2.24) is 0 Å². The Hall–Kier alpha value is -1.28. The van der Waals surface area contributed by atoms with E-state index in [9.17, 15) is 4.79 Å². The van der Waals surface area contributed by atoms with Gasteiger partial charge in [0.1, 0.15) is 5.58 Å². The van der Waals surface area contributed by atoms with E-state index in [1.165, 1.54) is 6.92 Å². The minimum atomic E-state index is -0.0603. The highest BCUT2D eigenvalue weighted by Gasteiger charge is 2.13. The van der Waals surface area contributed by atoms with Gasteiger partial charge < -0.3 is 4.42 Å². The van der Waals surface area contributed by atoms with Crippen LogP contribution in [0.2, 0.25) is 5.02 Å². The number of halogens is 1. The van der Waals surface area contributed by atoms with Gasteiger partial charge in [-0.3, -0.25) is 4.79 Å². The van der Waals surface area contributed by atoms with Crippen molar-refractivity contribution >= 4 is 28.4 Å². The lowest BCUT2D eigenvalue weighted by molar-refractivity contribution is 0.0988. The average molecular weight is 209 g/mol. The number of rotatable bonds is 1. The maximum absolute atomic E-state index is 11.2. The highest BCUT2D eigenvalue weighted by Crippen LogP contribution is 2.27. The number of carbonyl (C=O) groups is 1. The van der Waals surface area contributed by atoms with Crippen LogP contribution in [0.4, 0.5) is 0 Å². The highest BCUT2D eigenvalue weighted by atomic mass is 35.5. The summed E-state index contributed by atoms with van der Waals surface area (Å²) in [7, 11) is 0. The van der Waals surface area contributed by atoms with Gasteiger partial charge in [-0.1, -0.05) is 11.6 Å². The number of hydrogen-bond acceptors (Lipinski definition) is 2. The van der Waals surface area contributed by atoms with Crippen LogP contribution in [-0.2, 0) is 0 Å². The molecule has 0 aliphatic carbocycles. The van der Waals surface area contributed by atoms with E-state index >= 15 is 0 Å². The van der Waals surface area contributed by atoms with Crippen molar-refractivity contribution in [2.24, 2.45) is 0 Å². The van der Waals surface area contributed by atoms with Gasteiger partial charge in [0.05, 0.1) is 0 Å². The van der Waals surface area contributed by atoms with E-state index in [1.807, 2.05) is 13.0 Å². The van der Waals surface area contributed by atoms with Crippen molar-refractivity contribution in [3.63, 3.8) is 0 Å². The van der Waals surface area contributed by atoms with Crippen LogP contribution in [0.3, 0.4) is 0 Å². The van der Waals surface area contributed by atoms with Crippen molar-refractivity contribution in [3.8, 4) is 0 Å². The molecular formula is C11H9ClO2. The van der Waals surface area contributed by atoms with Crippen molar-refractivity contribution in [2.45, 2.75) is 13.8 Å². The highest BCUT2D eigenvalue weighted by molar-refractivity contribution is 6.31. The maximum atomic E-state index is 11.2. The fourth-order valence-electron chi connectivity index (χ4n) is 1.53. The van der Waals surface area contributed by atoms with Gasteiger partial charge in [-0.05, 0) is 25.1 Å². The predicted octanol–water partition coefficient (Wildman–Crippen LogP) is 3.60. The zero-order valence-corrected chi connectivity index (χ0v) is 8.68. The van der Waals surface area contributed by atoms with Gasteiger partial charge >= 0.3 is 0 Å². The van der Waals surface area contributed by atoms with Crippen molar-refractivity contribution in [1.29, 1.82) is 0 Å². The van der Waals surface area contributed by atoms with Gasteiger partial charge in [0.15, 0.2) is 11.5 Å². The van der Waals surface area contributed by atoms with Crippen LogP contribution in [-0.4, -0.2) is 5.78 Å². The lowest BCUT2D eigenvalue weighted by atomic mass is 10.1. The molecule has 2 aromatic rings. The molecule has 0 spiro atoms. The standard InChI is InChI=1S/C11H9ClO2/c1-6-9-5-8(12)3-4-10(9)14-11(6)7(2)13/h3-5H,1-2H3. The molecule has 1 aromatic carbocycles. The van der Waals surface area contributed by atoms with E-state index in [1.54, 1.807) is 12.1 Å². The molecule has 0 amide bonds. The molecule has 0 saturated carbocycles. The summed E-state index contributed by atoms with van der Waals surface area (Å²) < 4.78 is 5.41. The summed E-state index contributed by atoms with van der Waals surface area (Å²) in [4.78, 5) is 11.2. The minimum Gasteiger partial charge on any atom is -0.453 e. The summed E-state index contributed by atoms with van der Waals surface area (Å²) in [6.07, 6.45) is 0. The molecule has 3 heteroatoms. The summed E-state index contributed by atoms with van der Waals surface area (Å²) in [5.41, 5.74) is 1.56. The third-order valence-corrected chi connectivity index (χ3v) is 2.45. The number of aryl methyl sites for hydroxylation is 1. The monoisotopic (exact) mass is 208 g/mol. The molecule has 1 aromatic heterocycles. The van der Waals surface area contributed by atoms with E-state index in [0.717, 1.165) is 10.9 Å². The molecule has 0 aliphatic heterocycles. The van der Waals surface area contributed by atoms with Crippen molar-refractivity contribution < 1.29 is 9.21 Å². The van der Waals surface area contributed by atoms with E-state index in [-0.39, 0.29) is 5.78 Å². The third kappa shape index (κ3) is 1.32. The fraction of sp³-hybridized carbons (Fsp3) is 0.182. The molecule has 72 valence electrons. The Morgan fingerprint density at radius 2 is 2.14 bits per heavy atom. The first-order valence-corrected chi connectivity index (χ1v) is 4.67. The second-order valence-corrected chi connectivity index (χ2v) is 3.69. The largest absolute Gasteiger partial charge is 0.453 e. The molecule has 0 aliphatic rings. The molecule has 0 fully saturated rings. The summed E-state index contributed by atoms with van der Waals surface area (Å²) in [5.74, 6) is 0.358. The Labute approximate surface area is 86.5 Å². The molecular weight excluding hydrogens is 200 g/mol. The molecule has 2 nitrogen and oxygen atoms in total. The Morgan fingerprint density at radius 3 is 2.79 bits per heavy atom. The molecule has 0 unspecified atom stereocenters. The summed E-state index contributed by atoms with van der Waals surface area (Å²) >= 11 is 5.85. The number of furan rings is 1. The molecule has 14 heavy (non-hydrogen) atoms. The van der Waals surface area contributed by atoms with Gasteiger partial charge in [-0.2, -0.15) is 0 Å². The van der Waals surface area contributed by atoms with Crippen LogP contribution < -0.4 is 0 Å². The second-order valence-electron chi connectivity index (χ2n) is 3.25. The second kappa shape index (κ2) is 3.14. The van der Waals surface area contributed by atoms with E-state index in [4.69, 9.17) is 16.0 Å². The average Bonchev–Trinajstić information content (AvgIpc) is 2.44. The van der Waals surface area contributed by atoms with Crippen molar-refractivity contribution in [2.75, 3.05) is 0 Å². The van der Waals surface area contributed by atoms with Gasteiger partial charge in [-0.15, -0.1) is 0 Å². The number of ketones is 1. The first kappa shape index (κ1) is 9.28. The van der Waals surface area contributed by atoms with Gasteiger partial charge in [-0.25, -0.2) is 0 Å². The number of benzene rings is 1. The van der Waals surface area contributed by atoms with Crippen LogP contribution in [0.15, 0.2) is 22.6 Å². The van der Waals surface area contributed by atoms with Gasteiger partial charge in [0.2, 0.25) is 0 Å². The normalized spacial score (nSPS) is 10.8. The molecule has 1 heterocycles. The Morgan fingerprint density at radius 1 is 1.43 bits per heavy atom. The molecule has 0 atom stereocenters. The maximum Gasteiger partial charge on any atom is 0.195 e. The zero-order valence-electron chi connectivity index (χ0n) is 7.93. The quantitative estimate of drug-likeness (QED) is 0.671. The smallest absolute Gasteiger partial charge is 0.195 e. The van der Waals surface area contributed by atoms with Crippen LogP contribution in [0.1, 0.15) is 23.0 Å². The minimum absolute atomic E-state index is 0.0603. The molecule has 0 N–H and O–H groups in total. The third-order valence-electron chi connectivity index (χ3n) is 2.22. The van der Waals surface area contributed by atoms with Crippen LogP contribution in [0, 0.1) is 6.92 Å². The summed E-state index contributed by atoms with van der Waals surface area (Å²) in [5, 5.41) is 1.55. The van der Waals surface area contributed by atoms with E-state index < -0.39 is 0 Å². The summed E-state index contributed by atoms with van der Waals surface area (Å²) in [6.45, 7) is 3.35. The number of Topliss-reactive ketones (excluding diaryl/α,β-unsaturated/α-hetero) is 1. The number of fused-ring (bicyclic) bond motifs is 1.